The lowest BCUT2D eigenvalue weighted by Crippen LogP contribution is -2.40. The second kappa shape index (κ2) is 8.06. The molecule has 4 heteroatoms. The number of unbranched alkanes of at least 4 members (excludes halogenated alkanes) is 3. The molecular formula is C21H26N2O2. The molecule has 0 saturated carbocycles. The van der Waals surface area contributed by atoms with Crippen molar-refractivity contribution in [2.75, 3.05) is 19.0 Å². The number of hydrogen-bond donors (Lipinski definition) is 1. The van der Waals surface area contributed by atoms with Crippen LogP contribution in [-0.2, 0) is 0 Å². The summed E-state index contributed by atoms with van der Waals surface area (Å²) in [5.74, 6) is 0.918. The van der Waals surface area contributed by atoms with Crippen LogP contribution in [0.5, 0.6) is 5.75 Å². The number of benzene rings is 2. The fraction of sp³-hybridized carbons (Fsp3) is 0.381. The Balaban J connectivity index is 1.65. The van der Waals surface area contributed by atoms with Gasteiger partial charge in [0.1, 0.15) is 11.9 Å². The van der Waals surface area contributed by atoms with E-state index in [0.717, 1.165) is 30.0 Å². The van der Waals surface area contributed by atoms with E-state index < -0.39 is 0 Å². The van der Waals surface area contributed by atoms with Gasteiger partial charge in [-0.2, -0.15) is 0 Å². The summed E-state index contributed by atoms with van der Waals surface area (Å²) in [7, 11) is 1.83. The van der Waals surface area contributed by atoms with Gasteiger partial charge in [0.05, 0.1) is 12.2 Å². The van der Waals surface area contributed by atoms with E-state index >= 15 is 0 Å². The predicted octanol–water partition coefficient (Wildman–Crippen LogP) is 4.84. The van der Waals surface area contributed by atoms with Gasteiger partial charge in [-0.25, -0.2) is 0 Å². The predicted molar refractivity (Wildman–Crippen MR) is 101 cm³/mol. The van der Waals surface area contributed by atoms with Crippen molar-refractivity contribution >= 4 is 11.6 Å². The standard InChI is InChI=1S/C21H26N2O2/c1-3-4-5-8-15-25-17-13-11-16(12-14-17)20-22-19-10-7-6-9-18(19)21(24)23(20)2/h6-7,9-14,20,22H,3-5,8,15H2,1-2H3. The molecule has 1 amide bonds. The first-order valence-corrected chi connectivity index (χ1v) is 9.06. The Morgan fingerprint density at radius 3 is 2.56 bits per heavy atom. The maximum absolute atomic E-state index is 12.6. The molecule has 0 fully saturated rings. The normalized spacial score (nSPS) is 16.3. The molecule has 0 spiro atoms. The Morgan fingerprint density at radius 1 is 1.04 bits per heavy atom. The zero-order chi connectivity index (χ0) is 17.6. The summed E-state index contributed by atoms with van der Waals surface area (Å²) in [6, 6.07) is 15.6. The summed E-state index contributed by atoms with van der Waals surface area (Å²) in [4.78, 5) is 14.3. The highest BCUT2D eigenvalue weighted by Gasteiger charge is 2.29. The minimum absolute atomic E-state index is 0.0376. The largest absolute Gasteiger partial charge is 0.494 e. The average Bonchev–Trinajstić information content (AvgIpc) is 2.65. The van der Waals surface area contributed by atoms with Gasteiger partial charge >= 0.3 is 0 Å². The third-order valence-corrected chi connectivity index (χ3v) is 4.62. The van der Waals surface area contributed by atoms with Gasteiger partial charge in [-0.1, -0.05) is 50.5 Å². The Hall–Kier alpha value is -2.49. The number of fused-ring (bicyclic) bond motifs is 1. The van der Waals surface area contributed by atoms with Crippen molar-refractivity contribution in [2.24, 2.45) is 0 Å². The van der Waals surface area contributed by atoms with Crippen LogP contribution in [0.3, 0.4) is 0 Å². The van der Waals surface area contributed by atoms with E-state index in [0.29, 0.717) is 5.56 Å². The number of rotatable bonds is 7. The van der Waals surface area contributed by atoms with Crippen LogP contribution >= 0.6 is 0 Å². The lowest BCUT2D eigenvalue weighted by molar-refractivity contribution is 0.0735. The van der Waals surface area contributed by atoms with Crippen molar-refractivity contribution in [3.63, 3.8) is 0 Å². The fourth-order valence-electron chi connectivity index (χ4n) is 3.12. The first-order chi connectivity index (χ1) is 12.2. The van der Waals surface area contributed by atoms with Crippen molar-refractivity contribution in [1.29, 1.82) is 0 Å². The van der Waals surface area contributed by atoms with E-state index in [4.69, 9.17) is 4.74 Å². The molecule has 132 valence electrons. The Bertz CT molecular complexity index is 712. The molecule has 25 heavy (non-hydrogen) atoms. The summed E-state index contributed by atoms with van der Waals surface area (Å²) in [5.41, 5.74) is 2.64. The molecule has 1 aliphatic heterocycles. The maximum Gasteiger partial charge on any atom is 0.257 e. The quantitative estimate of drug-likeness (QED) is 0.734. The van der Waals surface area contributed by atoms with Crippen molar-refractivity contribution in [2.45, 2.75) is 38.8 Å². The second-order valence-corrected chi connectivity index (χ2v) is 6.49. The minimum atomic E-state index is -0.166. The molecule has 2 aromatic rings. The summed E-state index contributed by atoms with van der Waals surface area (Å²) < 4.78 is 5.80. The molecule has 3 rings (SSSR count). The Kier molecular flexibility index (Phi) is 5.59. The van der Waals surface area contributed by atoms with Crippen LogP contribution in [0.15, 0.2) is 48.5 Å². The van der Waals surface area contributed by atoms with E-state index in [1.54, 1.807) is 4.90 Å². The number of carbonyl (C=O) groups is 1. The van der Waals surface area contributed by atoms with E-state index in [1.807, 2.05) is 55.6 Å². The molecule has 4 nitrogen and oxygen atoms in total. The first-order valence-electron chi connectivity index (χ1n) is 9.06. The van der Waals surface area contributed by atoms with Crippen molar-refractivity contribution in [1.82, 2.24) is 4.90 Å². The molecule has 0 bridgehead atoms. The number of amides is 1. The summed E-state index contributed by atoms with van der Waals surface area (Å²) >= 11 is 0. The van der Waals surface area contributed by atoms with E-state index in [-0.39, 0.29) is 12.1 Å². The van der Waals surface area contributed by atoms with Crippen LogP contribution in [0.2, 0.25) is 0 Å². The number of ether oxygens (including phenoxy) is 1. The van der Waals surface area contributed by atoms with Gasteiger partial charge in [-0.05, 0) is 36.2 Å². The number of para-hydroxylation sites is 1. The second-order valence-electron chi connectivity index (χ2n) is 6.49. The zero-order valence-corrected chi connectivity index (χ0v) is 15.0. The zero-order valence-electron chi connectivity index (χ0n) is 15.0. The van der Waals surface area contributed by atoms with Crippen molar-refractivity contribution < 1.29 is 9.53 Å². The molecule has 0 radical (unpaired) electrons. The smallest absolute Gasteiger partial charge is 0.257 e. The molecule has 0 saturated heterocycles. The molecule has 1 unspecified atom stereocenters. The molecule has 1 heterocycles. The van der Waals surface area contributed by atoms with Crippen molar-refractivity contribution in [3.05, 3.63) is 59.7 Å². The molecule has 1 N–H and O–H groups in total. The highest BCUT2D eigenvalue weighted by Crippen LogP contribution is 2.32. The van der Waals surface area contributed by atoms with Crippen LogP contribution in [-0.4, -0.2) is 24.5 Å². The Morgan fingerprint density at radius 2 is 1.80 bits per heavy atom. The number of anilines is 1. The number of carbonyl (C=O) groups excluding carboxylic acids is 1. The van der Waals surface area contributed by atoms with E-state index in [2.05, 4.69) is 12.2 Å². The van der Waals surface area contributed by atoms with Crippen LogP contribution < -0.4 is 10.1 Å². The summed E-state index contributed by atoms with van der Waals surface area (Å²) in [5, 5.41) is 3.44. The molecule has 1 atom stereocenters. The lowest BCUT2D eigenvalue weighted by Gasteiger charge is -2.35. The number of nitrogens with one attached hydrogen (secondary N) is 1. The highest BCUT2D eigenvalue weighted by molar-refractivity contribution is 6.01. The van der Waals surface area contributed by atoms with Crippen molar-refractivity contribution in [3.8, 4) is 5.75 Å². The fourth-order valence-corrected chi connectivity index (χ4v) is 3.12. The minimum Gasteiger partial charge on any atom is -0.494 e. The number of nitrogens with zero attached hydrogens (tertiary/aromatic N) is 1. The van der Waals surface area contributed by atoms with Gasteiger partial charge in [0.2, 0.25) is 0 Å². The molecule has 0 aromatic heterocycles. The monoisotopic (exact) mass is 338 g/mol. The topological polar surface area (TPSA) is 41.6 Å². The molecule has 2 aromatic carbocycles. The van der Waals surface area contributed by atoms with Gasteiger partial charge < -0.3 is 15.0 Å². The van der Waals surface area contributed by atoms with Crippen LogP contribution in [0.25, 0.3) is 0 Å². The van der Waals surface area contributed by atoms with Crippen LogP contribution in [0.4, 0.5) is 5.69 Å². The molecule has 0 aliphatic carbocycles. The molecular weight excluding hydrogens is 312 g/mol. The highest BCUT2D eigenvalue weighted by atomic mass is 16.5. The van der Waals surface area contributed by atoms with E-state index in [9.17, 15) is 4.79 Å². The SMILES string of the molecule is CCCCCCOc1ccc(C2Nc3ccccc3C(=O)N2C)cc1. The lowest BCUT2D eigenvalue weighted by atomic mass is 10.0. The van der Waals surface area contributed by atoms with E-state index in [1.165, 1.54) is 19.3 Å². The van der Waals surface area contributed by atoms with Crippen LogP contribution in [0.1, 0.15) is 54.7 Å². The third-order valence-electron chi connectivity index (χ3n) is 4.62. The van der Waals surface area contributed by atoms with Gasteiger partial charge in [0.15, 0.2) is 0 Å². The number of hydrogen-bond acceptors (Lipinski definition) is 3. The molecule has 1 aliphatic rings. The van der Waals surface area contributed by atoms with Gasteiger partial charge in [0.25, 0.3) is 5.91 Å². The summed E-state index contributed by atoms with van der Waals surface area (Å²) in [6.45, 7) is 2.96. The first kappa shape index (κ1) is 17.3. The third kappa shape index (κ3) is 3.95. The Labute approximate surface area is 149 Å². The van der Waals surface area contributed by atoms with Gasteiger partial charge in [-0.3, -0.25) is 4.79 Å². The maximum atomic E-state index is 12.6. The average molecular weight is 338 g/mol. The van der Waals surface area contributed by atoms with Crippen LogP contribution in [0, 0.1) is 0 Å². The summed E-state index contributed by atoms with van der Waals surface area (Å²) in [6.07, 6.45) is 4.64. The van der Waals surface area contributed by atoms with Gasteiger partial charge in [0, 0.05) is 12.7 Å². The van der Waals surface area contributed by atoms with Gasteiger partial charge in [-0.15, -0.1) is 0 Å².